The van der Waals surface area contributed by atoms with Crippen LogP contribution in [-0.4, -0.2) is 25.2 Å². The average Bonchev–Trinajstić information content (AvgIpc) is 2.32. The second-order valence-electron chi connectivity index (χ2n) is 5.54. The molecule has 0 radical (unpaired) electrons. The van der Waals surface area contributed by atoms with Crippen LogP contribution in [0.3, 0.4) is 0 Å². The first-order valence-electron chi connectivity index (χ1n) is 6.31. The third-order valence-corrected chi connectivity index (χ3v) is 4.02. The van der Waals surface area contributed by atoms with Crippen molar-refractivity contribution in [2.75, 3.05) is 18.6 Å². The highest BCUT2D eigenvalue weighted by Gasteiger charge is 2.33. The molecule has 0 aromatic heterocycles. The molecule has 18 heavy (non-hydrogen) atoms. The molecule has 0 saturated carbocycles. The van der Waals surface area contributed by atoms with Crippen LogP contribution in [0.5, 0.6) is 5.75 Å². The Morgan fingerprint density at radius 1 is 1.44 bits per heavy atom. The lowest BCUT2D eigenvalue weighted by atomic mass is 9.88. The van der Waals surface area contributed by atoms with E-state index in [0.29, 0.717) is 10.8 Å². The Labute approximate surface area is 114 Å². The lowest BCUT2D eigenvalue weighted by molar-refractivity contribution is 0.335. The molecule has 1 aliphatic heterocycles. The van der Waals surface area contributed by atoms with Gasteiger partial charge < -0.3 is 15.4 Å². The summed E-state index contributed by atoms with van der Waals surface area (Å²) in [5.41, 5.74) is 7.31. The topological polar surface area (TPSA) is 38.5 Å². The van der Waals surface area contributed by atoms with Crippen molar-refractivity contribution in [3.05, 3.63) is 23.2 Å². The van der Waals surface area contributed by atoms with Crippen LogP contribution in [-0.2, 0) is 0 Å². The van der Waals surface area contributed by atoms with Gasteiger partial charge in [0.05, 0.1) is 12.1 Å². The van der Waals surface area contributed by atoms with Crippen LogP contribution >= 0.6 is 11.6 Å². The number of hydrogen-bond donors (Lipinski definition) is 1. The first-order valence-corrected chi connectivity index (χ1v) is 6.68. The van der Waals surface area contributed by atoms with Gasteiger partial charge in [-0.1, -0.05) is 11.6 Å². The molecule has 1 aromatic rings. The standard InChI is InChI=1S/C14H21ClN2O/c1-14(2)7-6-10(16)9-17(14)11-4-5-13(18-3)12(15)8-11/h4-5,8,10H,6-7,9,16H2,1-3H3. The van der Waals surface area contributed by atoms with Crippen molar-refractivity contribution in [3.8, 4) is 5.75 Å². The van der Waals surface area contributed by atoms with E-state index < -0.39 is 0 Å². The Kier molecular flexibility index (Phi) is 3.74. The zero-order valence-electron chi connectivity index (χ0n) is 11.2. The molecule has 0 amide bonds. The number of benzene rings is 1. The number of nitrogens with zero attached hydrogens (tertiary/aromatic N) is 1. The van der Waals surface area contributed by atoms with Crippen LogP contribution in [0.2, 0.25) is 5.02 Å². The molecule has 2 rings (SSSR count). The van der Waals surface area contributed by atoms with Crippen molar-refractivity contribution in [1.82, 2.24) is 0 Å². The number of piperidine rings is 1. The highest BCUT2D eigenvalue weighted by atomic mass is 35.5. The molecule has 1 aromatic carbocycles. The number of hydrogen-bond acceptors (Lipinski definition) is 3. The predicted octanol–water partition coefficient (Wildman–Crippen LogP) is 3.05. The summed E-state index contributed by atoms with van der Waals surface area (Å²) in [4.78, 5) is 2.34. The monoisotopic (exact) mass is 268 g/mol. The first kappa shape index (κ1) is 13.5. The van der Waals surface area contributed by atoms with Gasteiger partial charge in [0.25, 0.3) is 0 Å². The van der Waals surface area contributed by atoms with Gasteiger partial charge in [-0.25, -0.2) is 0 Å². The van der Waals surface area contributed by atoms with Gasteiger partial charge in [0, 0.05) is 23.8 Å². The van der Waals surface area contributed by atoms with Crippen LogP contribution in [0.15, 0.2) is 18.2 Å². The van der Waals surface area contributed by atoms with E-state index in [1.54, 1.807) is 7.11 Å². The quantitative estimate of drug-likeness (QED) is 0.896. The summed E-state index contributed by atoms with van der Waals surface area (Å²) in [6, 6.07) is 6.15. The van der Waals surface area contributed by atoms with Gasteiger partial charge in [-0.05, 0) is 44.9 Å². The van der Waals surface area contributed by atoms with Gasteiger partial charge in [0.1, 0.15) is 5.75 Å². The number of ether oxygens (including phenoxy) is 1. The molecule has 100 valence electrons. The van der Waals surface area contributed by atoms with E-state index in [-0.39, 0.29) is 11.6 Å². The fourth-order valence-electron chi connectivity index (χ4n) is 2.52. The van der Waals surface area contributed by atoms with Crippen molar-refractivity contribution in [1.29, 1.82) is 0 Å². The summed E-state index contributed by atoms with van der Waals surface area (Å²) in [6.45, 7) is 5.36. The molecular formula is C14H21ClN2O. The largest absolute Gasteiger partial charge is 0.495 e. The van der Waals surface area contributed by atoms with Crippen LogP contribution in [0, 0.1) is 0 Å². The molecule has 1 fully saturated rings. The summed E-state index contributed by atoms with van der Waals surface area (Å²) in [6.07, 6.45) is 2.17. The Bertz CT molecular complexity index is 434. The summed E-state index contributed by atoms with van der Waals surface area (Å²) < 4.78 is 5.19. The Morgan fingerprint density at radius 3 is 2.78 bits per heavy atom. The molecule has 0 aliphatic carbocycles. The van der Waals surface area contributed by atoms with E-state index in [0.717, 1.165) is 25.1 Å². The van der Waals surface area contributed by atoms with Gasteiger partial charge in [0.2, 0.25) is 0 Å². The molecule has 3 nitrogen and oxygen atoms in total. The molecule has 4 heteroatoms. The minimum absolute atomic E-state index is 0.119. The van der Waals surface area contributed by atoms with Crippen LogP contribution in [0.25, 0.3) is 0 Å². The number of rotatable bonds is 2. The molecular weight excluding hydrogens is 248 g/mol. The number of anilines is 1. The summed E-state index contributed by atoms with van der Waals surface area (Å²) in [5, 5.41) is 0.643. The van der Waals surface area contributed by atoms with Crippen molar-refractivity contribution in [2.24, 2.45) is 5.73 Å². The molecule has 1 unspecified atom stereocenters. The lowest BCUT2D eigenvalue weighted by Gasteiger charge is -2.46. The molecule has 0 spiro atoms. The molecule has 1 aliphatic rings. The van der Waals surface area contributed by atoms with Gasteiger partial charge in [-0.2, -0.15) is 0 Å². The smallest absolute Gasteiger partial charge is 0.137 e. The zero-order valence-corrected chi connectivity index (χ0v) is 12.0. The Morgan fingerprint density at radius 2 is 2.17 bits per heavy atom. The zero-order chi connectivity index (χ0) is 13.3. The maximum atomic E-state index is 6.20. The van der Waals surface area contributed by atoms with E-state index in [2.05, 4.69) is 18.7 Å². The third-order valence-electron chi connectivity index (χ3n) is 3.72. The van der Waals surface area contributed by atoms with Gasteiger partial charge in [-0.15, -0.1) is 0 Å². The summed E-state index contributed by atoms with van der Waals surface area (Å²) in [7, 11) is 1.63. The average molecular weight is 269 g/mol. The number of methoxy groups -OCH3 is 1. The molecule has 2 N–H and O–H groups in total. The summed E-state index contributed by atoms with van der Waals surface area (Å²) >= 11 is 6.20. The highest BCUT2D eigenvalue weighted by Crippen LogP contribution is 2.35. The SMILES string of the molecule is COc1ccc(N2CC(N)CCC2(C)C)cc1Cl. The second kappa shape index (κ2) is 4.98. The van der Waals surface area contributed by atoms with Crippen LogP contribution in [0.1, 0.15) is 26.7 Å². The number of halogens is 1. The fraction of sp³-hybridized carbons (Fsp3) is 0.571. The van der Waals surface area contributed by atoms with Gasteiger partial charge in [-0.3, -0.25) is 0 Å². The van der Waals surface area contributed by atoms with Crippen LogP contribution < -0.4 is 15.4 Å². The molecule has 1 atom stereocenters. The first-order chi connectivity index (χ1) is 8.44. The van der Waals surface area contributed by atoms with Crippen molar-refractivity contribution in [3.63, 3.8) is 0 Å². The maximum absolute atomic E-state index is 6.20. The van der Waals surface area contributed by atoms with E-state index in [1.165, 1.54) is 0 Å². The van der Waals surface area contributed by atoms with Gasteiger partial charge >= 0.3 is 0 Å². The maximum Gasteiger partial charge on any atom is 0.137 e. The second-order valence-corrected chi connectivity index (χ2v) is 5.95. The minimum atomic E-state index is 0.119. The van der Waals surface area contributed by atoms with Crippen molar-refractivity contribution in [2.45, 2.75) is 38.3 Å². The van der Waals surface area contributed by atoms with E-state index in [1.807, 2.05) is 18.2 Å². The molecule has 1 saturated heterocycles. The third kappa shape index (κ3) is 2.57. The van der Waals surface area contributed by atoms with E-state index in [4.69, 9.17) is 22.1 Å². The van der Waals surface area contributed by atoms with Crippen molar-refractivity contribution < 1.29 is 4.74 Å². The normalized spacial score (nSPS) is 22.9. The number of nitrogens with two attached hydrogens (primary N) is 1. The van der Waals surface area contributed by atoms with Gasteiger partial charge in [0.15, 0.2) is 0 Å². The fourth-order valence-corrected chi connectivity index (χ4v) is 2.78. The molecule has 1 heterocycles. The lowest BCUT2D eigenvalue weighted by Crippen LogP contribution is -2.54. The van der Waals surface area contributed by atoms with Crippen molar-refractivity contribution >= 4 is 17.3 Å². The highest BCUT2D eigenvalue weighted by molar-refractivity contribution is 6.32. The van der Waals surface area contributed by atoms with E-state index in [9.17, 15) is 0 Å². The Balaban J connectivity index is 2.31. The van der Waals surface area contributed by atoms with Crippen LogP contribution in [0.4, 0.5) is 5.69 Å². The Hall–Kier alpha value is -0.930. The van der Waals surface area contributed by atoms with E-state index >= 15 is 0 Å². The molecule has 0 bridgehead atoms. The minimum Gasteiger partial charge on any atom is -0.495 e. The summed E-state index contributed by atoms with van der Waals surface area (Å²) in [5.74, 6) is 0.708. The predicted molar refractivity (Wildman–Crippen MR) is 76.6 cm³/mol.